The molecule has 1 N–H and O–H groups in total. The number of nitrogens with one attached hydrogen (secondary N) is 1. The standard InChI is InChI=1S/C8H9BrN2O2S/c1-2-3-11-14(12,13)8-4-7(9)5-10-6-8/h2,4-6,11H,1,3H2. The van der Waals surface area contributed by atoms with Gasteiger partial charge in [-0.2, -0.15) is 0 Å². The normalized spacial score (nSPS) is 11.2. The van der Waals surface area contributed by atoms with E-state index in [1.165, 1.54) is 24.5 Å². The van der Waals surface area contributed by atoms with E-state index in [4.69, 9.17) is 0 Å². The van der Waals surface area contributed by atoms with Crippen molar-refractivity contribution in [1.29, 1.82) is 0 Å². The quantitative estimate of drug-likeness (QED) is 0.844. The summed E-state index contributed by atoms with van der Waals surface area (Å²) in [5.74, 6) is 0. The summed E-state index contributed by atoms with van der Waals surface area (Å²) >= 11 is 3.15. The molecule has 0 atom stereocenters. The fourth-order valence-corrected chi connectivity index (χ4v) is 2.29. The number of sulfonamides is 1. The second-order valence-corrected chi connectivity index (χ2v) is 5.16. The van der Waals surface area contributed by atoms with Crippen molar-refractivity contribution in [2.45, 2.75) is 4.90 Å². The fourth-order valence-electron chi connectivity index (χ4n) is 0.791. The molecule has 0 saturated carbocycles. The van der Waals surface area contributed by atoms with Crippen LogP contribution in [0.3, 0.4) is 0 Å². The van der Waals surface area contributed by atoms with E-state index in [0.717, 1.165) is 0 Å². The highest BCUT2D eigenvalue weighted by Gasteiger charge is 2.12. The Morgan fingerprint density at radius 2 is 2.29 bits per heavy atom. The van der Waals surface area contributed by atoms with E-state index in [-0.39, 0.29) is 11.4 Å². The van der Waals surface area contributed by atoms with Crippen molar-refractivity contribution in [2.75, 3.05) is 6.54 Å². The molecule has 0 aliphatic carbocycles. The van der Waals surface area contributed by atoms with Crippen LogP contribution < -0.4 is 4.72 Å². The maximum atomic E-state index is 11.5. The number of rotatable bonds is 4. The Bertz CT molecular complexity index is 431. The SMILES string of the molecule is C=CCNS(=O)(=O)c1cncc(Br)c1. The lowest BCUT2D eigenvalue weighted by Crippen LogP contribution is -2.23. The highest BCUT2D eigenvalue weighted by Crippen LogP contribution is 2.13. The van der Waals surface area contributed by atoms with Gasteiger partial charge in [0, 0.05) is 23.4 Å². The van der Waals surface area contributed by atoms with Gasteiger partial charge in [-0.3, -0.25) is 4.98 Å². The average molecular weight is 277 g/mol. The van der Waals surface area contributed by atoms with Crippen molar-refractivity contribution in [2.24, 2.45) is 0 Å². The molecular formula is C8H9BrN2O2S. The van der Waals surface area contributed by atoms with Gasteiger partial charge in [0.25, 0.3) is 0 Å². The lowest BCUT2D eigenvalue weighted by atomic mass is 10.5. The molecule has 76 valence electrons. The largest absolute Gasteiger partial charge is 0.262 e. The van der Waals surface area contributed by atoms with Gasteiger partial charge < -0.3 is 0 Å². The van der Waals surface area contributed by atoms with E-state index in [2.05, 4.69) is 32.2 Å². The highest BCUT2D eigenvalue weighted by molar-refractivity contribution is 9.10. The molecule has 0 aromatic carbocycles. The second kappa shape index (κ2) is 4.68. The summed E-state index contributed by atoms with van der Waals surface area (Å²) in [4.78, 5) is 3.90. The molecule has 1 heterocycles. The number of hydrogen-bond acceptors (Lipinski definition) is 3. The number of pyridine rings is 1. The lowest BCUT2D eigenvalue weighted by Gasteiger charge is -2.03. The third-order valence-electron chi connectivity index (χ3n) is 1.41. The van der Waals surface area contributed by atoms with Crippen LogP contribution in [-0.4, -0.2) is 19.9 Å². The van der Waals surface area contributed by atoms with Crippen LogP contribution in [0.15, 0.2) is 40.5 Å². The van der Waals surface area contributed by atoms with Gasteiger partial charge in [-0.15, -0.1) is 6.58 Å². The predicted octanol–water partition coefficient (Wildman–Crippen LogP) is 1.31. The number of nitrogens with zero attached hydrogens (tertiary/aromatic N) is 1. The Kier molecular flexibility index (Phi) is 3.79. The average Bonchev–Trinajstić information content (AvgIpc) is 2.15. The molecule has 0 aliphatic rings. The number of aromatic nitrogens is 1. The highest BCUT2D eigenvalue weighted by atomic mass is 79.9. The van der Waals surface area contributed by atoms with Gasteiger partial charge >= 0.3 is 0 Å². The van der Waals surface area contributed by atoms with Crippen molar-refractivity contribution in [1.82, 2.24) is 9.71 Å². The van der Waals surface area contributed by atoms with Crippen LogP contribution in [0, 0.1) is 0 Å². The predicted molar refractivity (Wildman–Crippen MR) is 57.3 cm³/mol. The number of halogens is 1. The van der Waals surface area contributed by atoms with Gasteiger partial charge in [-0.1, -0.05) is 6.08 Å². The van der Waals surface area contributed by atoms with Gasteiger partial charge in [0.05, 0.1) is 0 Å². The fraction of sp³-hybridized carbons (Fsp3) is 0.125. The summed E-state index contributed by atoms with van der Waals surface area (Å²) < 4.78 is 26.0. The Morgan fingerprint density at radius 3 is 2.86 bits per heavy atom. The van der Waals surface area contributed by atoms with Crippen molar-refractivity contribution >= 4 is 26.0 Å². The first-order valence-electron chi connectivity index (χ1n) is 3.77. The van der Waals surface area contributed by atoms with Crippen LogP contribution in [-0.2, 0) is 10.0 Å². The van der Waals surface area contributed by atoms with Gasteiger partial charge in [0.2, 0.25) is 10.0 Å². The van der Waals surface area contributed by atoms with Gasteiger partial charge in [-0.05, 0) is 22.0 Å². The Hall–Kier alpha value is -0.720. The van der Waals surface area contributed by atoms with Crippen LogP contribution in [0.5, 0.6) is 0 Å². The summed E-state index contributed by atoms with van der Waals surface area (Å²) in [5.41, 5.74) is 0. The molecule has 0 aliphatic heterocycles. The molecule has 1 aromatic heterocycles. The third-order valence-corrected chi connectivity index (χ3v) is 3.23. The summed E-state index contributed by atoms with van der Waals surface area (Å²) in [5, 5.41) is 0. The Balaban J connectivity index is 2.98. The maximum Gasteiger partial charge on any atom is 0.242 e. The zero-order valence-electron chi connectivity index (χ0n) is 7.27. The van der Waals surface area contributed by atoms with Crippen molar-refractivity contribution in [3.05, 3.63) is 35.6 Å². The Labute approximate surface area is 91.2 Å². The monoisotopic (exact) mass is 276 g/mol. The zero-order valence-corrected chi connectivity index (χ0v) is 9.68. The Morgan fingerprint density at radius 1 is 1.57 bits per heavy atom. The third kappa shape index (κ3) is 2.90. The summed E-state index contributed by atoms with van der Waals surface area (Å²) in [6, 6.07) is 1.48. The molecule has 1 aromatic rings. The molecule has 4 nitrogen and oxygen atoms in total. The van der Waals surface area contributed by atoms with Gasteiger partial charge in [0.15, 0.2) is 0 Å². The summed E-state index contributed by atoms with van der Waals surface area (Å²) in [6.45, 7) is 3.63. The minimum absolute atomic E-state index is 0.133. The maximum absolute atomic E-state index is 11.5. The molecule has 0 fully saturated rings. The first kappa shape index (κ1) is 11.4. The summed E-state index contributed by atoms with van der Waals surface area (Å²) in [7, 11) is -3.46. The molecule has 0 bridgehead atoms. The van der Waals surface area contributed by atoms with Crippen molar-refractivity contribution in [3.63, 3.8) is 0 Å². The summed E-state index contributed by atoms with van der Waals surface area (Å²) in [6.07, 6.45) is 4.28. The molecule has 0 amide bonds. The van der Waals surface area contributed by atoms with Crippen LogP contribution >= 0.6 is 15.9 Å². The zero-order chi connectivity index (χ0) is 10.6. The second-order valence-electron chi connectivity index (χ2n) is 2.48. The molecule has 0 saturated heterocycles. The van der Waals surface area contributed by atoms with E-state index in [1.54, 1.807) is 0 Å². The number of hydrogen-bond donors (Lipinski definition) is 1. The topological polar surface area (TPSA) is 59.1 Å². The molecule has 0 unspecified atom stereocenters. The first-order valence-corrected chi connectivity index (χ1v) is 6.05. The van der Waals surface area contributed by atoms with E-state index in [0.29, 0.717) is 4.47 Å². The van der Waals surface area contributed by atoms with Gasteiger partial charge in [-0.25, -0.2) is 13.1 Å². The molecule has 0 radical (unpaired) electrons. The molecule has 0 spiro atoms. The first-order chi connectivity index (χ1) is 6.56. The van der Waals surface area contributed by atoms with E-state index >= 15 is 0 Å². The van der Waals surface area contributed by atoms with Crippen LogP contribution in [0.1, 0.15) is 0 Å². The minimum Gasteiger partial charge on any atom is -0.262 e. The minimum atomic E-state index is -3.46. The molecular weight excluding hydrogens is 268 g/mol. The van der Waals surface area contributed by atoms with Crippen LogP contribution in [0.25, 0.3) is 0 Å². The van der Waals surface area contributed by atoms with E-state index in [1.807, 2.05) is 0 Å². The molecule has 1 rings (SSSR count). The van der Waals surface area contributed by atoms with E-state index in [9.17, 15) is 8.42 Å². The van der Waals surface area contributed by atoms with Crippen molar-refractivity contribution in [3.8, 4) is 0 Å². The van der Waals surface area contributed by atoms with Crippen LogP contribution in [0.4, 0.5) is 0 Å². The smallest absolute Gasteiger partial charge is 0.242 e. The van der Waals surface area contributed by atoms with Crippen molar-refractivity contribution < 1.29 is 8.42 Å². The van der Waals surface area contributed by atoms with Gasteiger partial charge in [0.1, 0.15) is 4.90 Å². The molecule has 14 heavy (non-hydrogen) atoms. The lowest BCUT2D eigenvalue weighted by molar-refractivity contribution is 0.585. The van der Waals surface area contributed by atoms with Crippen LogP contribution in [0.2, 0.25) is 0 Å². The van der Waals surface area contributed by atoms with E-state index < -0.39 is 10.0 Å². The molecule has 6 heteroatoms.